The first-order valence-corrected chi connectivity index (χ1v) is 3.93. The molecule has 5 nitrogen and oxygen atoms in total. The van der Waals surface area contributed by atoms with Gasteiger partial charge in [-0.1, -0.05) is 0 Å². The van der Waals surface area contributed by atoms with Crippen LogP contribution < -0.4 is 11.5 Å². The second-order valence-electron chi connectivity index (χ2n) is 2.74. The molecule has 0 fully saturated rings. The quantitative estimate of drug-likeness (QED) is 0.401. The van der Waals surface area contributed by atoms with Crippen LogP contribution in [0.4, 0.5) is 0 Å². The fourth-order valence-electron chi connectivity index (χ4n) is 0.946. The van der Waals surface area contributed by atoms with Crippen molar-refractivity contribution < 1.29 is 0 Å². The predicted molar refractivity (Wildman–Crippen MR) is 51.1 cm³/mol. The Balaban J connectivity index is 4.33. The summed E-state index contributed by atoms with van der Waals surface area (Å²) < 4.78 is 0. The fourth-order valence-corrected chi connectivity index (χ4v) is 0.946. The summed E-state index contributed by atoms with van der Waals surface area (Å²) in [5.74, 6) is 0.0478. The Morgan fingerprint density at radius 2 is 2.00 bits per heavy atom. The second kappa shape index (κ2) is 4.58. The number of hydrogen-bond acceptors (Lipinski definition) is 1. The summed E-state index contributed by atoms with van der Waals surface area (Å²) >= 11 is 0. The lowest BCUT2D eigenvalue weighted by Crippen LogP contribution is -2.37. The summed E-state index contributed by atoms with van der Waals surface area (Å²) in [4.78, 5) is 5.44. The van der Waals surface area contributed by atoms with E-state index in [9.17, 15) is 0 Å². The molecule has 0 aromatic rings. The molecule has 0 amide bonds. The van der Waals surface area contributed by atoms with E-state index in [0.29, 0.717) is 0 Å². The van der Waals surface area contributed by atoms with Gasteiger partial charge in [-0.2, -0.15) is 4.99 Å². The molecule has 0 heterocycles. The van der Waals surface area contributed by atoms with Crippen LogP contribution in [-0.2, 0) is 0 Å². The molecule has 5 heteroatoms. The zero-order chi connectivity index (χ0) is 9.72. The first-order chi connectivity index (χ1) is 5.49. The molecule has 0 aliphatic heterocycles. The van der Waals surface area contributed by atoms with Gasteiger partial charge in [0.05, 0.1) is 0 Å². The van der Waals surface area contributed by atoms with Crippen LogP contribution in [0.1, 0.15) is 20.8 Å². The third-order valence-corrected chi connectivity index (χ3v) is 1.47. The van der Waals surface area contributed by atoms with Crippen LogP contribution in [-0.4, -0.2) is 29.4 Å². The molecular formula is C7H17N5. The SMILES string of the molecule is CCN(C(=N)N=C(N)N)C(C)C. The van der Waals surface area contributed by atoms with E-state index in [1.807, 2.05) is 20.8 Å². The Kier molecular flexibility index (Phi) is 4.10. The van der Waals surface area contributed by atoms with Gasteiger partial charge in [-0.25, -0.2) is 0 Å². The van der Waals surface area contributed by atoms with Crippen LogP contribution in [0.3, 0.4) is 0 Å². The summed E-state index contributed by atoms with van der Waals surface area (Å²) in [7, 11) is 0. The lowest BCUT2D eigenvalue weighted by molar-refractivity contribution is 0.361. The predicted octanol–water partition coefficient (Wildman–Crippen LogP) is -0.0751. The maximum absolute atomic E-state index is 7.49. The van der Waals surface area contributed by atoms with Gasteiger partial charge in [0, 0.05) is 12.6 Å². The molecule has 0 aromatic heterocycles. The van der Waals surface area contributed by atoms with Gasteiger partial charge in [0.1, 0.15) is 0 Å². The van der Waals surface area contributed by atoms with Gasteiger partial charge in [0.15, 0.2) is 5.96 Å². The number of nitrogens with two attached hydrogens (primary N) is 2. The van der Waals surface area contributed by atoms with Crippen LogP contribution in [0.15, 0.2) is 4.99 Å². The third-order valence-electron chi connectivity index (χ3n) is 1.47. The molecule has 5 N–H and O–H groups in total. The number of rotatable bonds is 2. The minimum absolute atomic E-state index is 0.0703. The molecule has 0 aliphatic rings. The molecule has 0 rings (SSSR count). The summed E-state index contributed by atoms with van der Waals surface area (Å²) in [6, 6.07) is 0.241. The van der Waals surface area contributed by atoms with Crippen molar-refractivity contribution in [1.82, 2.24) is 4.90 Å². The lowest BCUT2D eigenvalue weighted by atomic mass is 10.3. The van der Waals surface area contributed by atoms with Crippen LogP contribution in [0.2, 0.25) is 0 Å². The third kappa shape index (κ3) is 3.23. The Morgan fingerprint density at radius 3 is 2.25 bits per heavy atom. The largest absolute Gasteiger partial charge is 0.370 e. The van der Waals surface area contributed by atoms with Crippen LogP contribution in [0, 0.1) is 5.41 Å². The maximum atomic E-state index is 7.49. The highest BCUT2D eigenvalue weighted by Crippen LogP contribution is 1.98. The average molecular weight is 171 g/mol. The van der Waals surface area contributed by atoms with E-state index in [4.69, 9.17) is 16.9 Å². The monoisotopic (exact) mass is 171 g/mol. The van der Waals surface area contributed by atoms with Crippen molar-refractivity contribution in [3.8, 4) is 0 Å². The number of guanidine groups is 2. The number of nitrogens with zero attached hydrogens (tertiary/aromatic N) is 2. The Hall–Kier alpha value is -1.26. The minimum atomic E-state index is -0.0703. The van der Waals surface area contributed by atoms with Crippen molar-refractivity contribution in [2.24, 2.45) is 16.5 Å². The summed E-state index contributed by atoms with van der Waals surface area (Å²) in [6.07, 6.45) is 0. The van der Waals surface area contributed by atoms with Crippen molar-refractivity contribution in [2.45, 2.75) is 26.8 Å². The van der Waals surface area contributed by atoms with Crippen molar-refractivity contribution >= 4 is 11.9 Å². The number of nitrogens with one attached hydrogen (secondary N) is 1. The molecule has 0 radical (unpaired) electrons. The van der Waals surface area contributed by atoms with Gasteiger partial charge in [-0.05, 0) is 20.8 Å². The van der Waals surface area contributed by atoms with Gasteiger partial charge in [0.2, 0.25) is 5.96 Å². The van der Waals surface area contributed by atoms with E-state index in [1.165, 1.54) is 0 Å². The molecule has 70 valence electrons. The number of hydrogen-bond donors (Lipinski definition) is 3. The summed E-state index contributed by atoms with van der Waals surface area (Å²) in [6.45, 7) is 6.66. The molecule has 0 saturated carbocycles. The molecule has 0 atom stereocenters. The molecular weight excluding hydrogens is 154 g/mol. The highest BCUT2D eigenvalue weighted by Gasteiger charge is 2.09. The Labute approximate surface area is 72.9 Å². The zero-order valence-electron chi connectivity index (χ0n) is 7.83. The van der Waals surface area contributed by atoms with Crippen LogP contribution >= 0.6 is 0 Å². The van der Waals surface area contributed by atoms with Crippen molar-refractivity contribution in [3.05, 3.63) is 0 Å². The molecule has 0 unspecified atom stereocenters. The van der Waals surface area contributed by atoms with Gasteiger partial charge < -0.3 is 16.4 Å². The van der Waals surface area contributed by atoms with Crippen molar-refractivity contribution in [2.75, 3.05) is 6.54 Å². The first-order valence-electron chi connectivity index (χ1n) is 3.93. The zero-order valence-corrected chi connectivity index (χ0v) is 7.83. The summed E-state index contributed by atoms with van der Waals surface area (Å²) in [5, 5.41) is 7.49. The highest BCUT2D eigenvalue weighted by atomic mass is 15.3. The standard InChI is InChI=1S/C7H17N5/c1-4-12(5(2)3)7(10)11-6(8)9/h5H,4H2,1-3H3,(H5,8,9,10,11). The number of aliphatic imine (C=N–C) groups is 1. The molecule has 0 aromatic carbocycles. The molecule has 0 aliphatic carbocycles. The van der Waals surface area contributed by atoms with E-state index in [0.717, 1.165) is 6.54 Å². The fraction of sp³-hybridized carbons (Fsp3) is 0.714. The van der Waals surface area contributed by atoms with Gasteiger partial charge in [-0.15, -0.1) is 0 Å². The minimum Gasteiger partial charge on any atom is -0.370 e. The first kappa shape index (κ1) is 10.7. The topological polar surface area (TPSA) is 91.5 Å². The van der Waals surface area contributed by atoms with Crippen LogP contribution in [0.25, 0.3) is 0 Å². The molecule has 0 spiro atoms. The molecule has 12 heavy (non-hydrogen) atoms. The normalized spacial score (nSPS) is 9.67. The van der Waals surface area contributed by atoms with E-state index >= 15 is 0 Å². The van der Waals surface area contributed by atoms with Crippen molar-refractivity contribution in [1.29, 1.82) is 5.41 Å². The lowest BCUT2D eigenvalue weighted by Gasteiger charge is -2.24. The Morgan fingerprint density at radius 1 is 1.50 bits per heavy atom. The van der Waals surface area contributed by atoms with Crippen LogP contribution in [0.5, 0.6) is 0 Å². The second-order valence-corrected chi connectivity index (χ2v) is 2.74. The van der Waals surface area contributed by atoms with Gasteiger partial charge in [-0.3, -0.25) is 5.41 Å². The van der Waals surface area contributed by atoms with Crippen molar-refractivity contribution in [3.63, 3.8) is 0 Å². The highest BCUT2D eigenvalue weighted by molar-refractivity contribution is 5.91. The smallest absolute Gasteiger partial charge is 0.221 e. The molecule has 0 bridgehead atoms. The van der Waals surface area contributed by atoms with Gasteiger partial charge >= 0.3 is 0 Å². The van der Waals surface area contributed by atoms with E-state index in [1.54, 1.807) is 4.90 Å². The summed E-state index contributed by atoms with van der Waals surface area (Å²) in [5.41, 5.74) is 10.3. The average Bonchev–Trinajstić information content (AvgIpc) is 1.85. The van der Waals surface area contributed by atoms with E-state index in [2.05, 4.69) is 4.99 Å². The molecule has 0 saturated heterocycles. The Bertz CT molecular complexity index is 180. The van der Waals surface area contributed by atoms with E-state index < -0.39 is 0 Å². The van der Waals surface area contributed by atoms with E-state index in [-0.39, 0.29) is 18.0 Å². The maximum Gasteiger partial charge on any atom is 0.221 e. The van der Waals surface area contributed by atoms with Gasteiger partial charge in [0.25, 0.3) is 0 Å².